The summed E-state index contributed by atoms with van der Waals surface area (Å²) in [4.78, 5) is 0. The number of allylic oxidation sites excluding steroid dienone is 6. The van der Waals surface area contributed by atoms with E-state index >= 15 is 4.39 Å². The molecule has 2 fully saturated rings. The zero-order chi connectivity index (χ0) is 23.0. The Bertz CT molecular complexity index is 841. The molecule has 0 N–H and O–H groups in total. The monoisotopic (exact) mass is 448 g/mol. The topological polar surface area (TPSA) is 0 Å². The lowest BCUT2D eigenvalue weighted by Crippen LogP contribution is -2.15. The molecule has 2 saturated carbocycles. The highest BCUT2D eigenvalue weighted by atomic mass is 19.1. The molecule has 0 atom stereocenters. The zero-order valence-electron chi connectivity index (χ0n) is 21.1. The van der Waals surface area contributed by atoms with Gasteiger partial charge in [-0.3, -0.25) is 0 Å². The minimum absolute atomic E-state index is 0.0304. The van der Waals surface area contributed by atoms with E-state index in [4.69, 9.17) is 0 Å². The molecule has 3 aliphatic rings. The number of hydrogen-bond donors (Lipinski definition) is 0. The van der Waals surface area contributed by atoms with Crippen molar-refractivity contribution in [2.24, 2.45) is 17.8 Å². The molecule has 0 radical (unpaired) electrons. The first-order valence-electron chi connectivity index (χ1n) is 14.0. The van der Waals surface area contributed by atoms with Gasteiger partial charge in [-0.1, -0.05) is 82.4 Å². The second kappa shape index (κ2) is 12.2. The largest absolute Gasteiger partial charge is 0.206 e. The van der Waals surface area contributed by atoms with E-state index in [1.54, 1.807) is 0 Å². The number of hydrogen-bond acceptors (Lipinski definition) is 0. The lowest BCUT2D eigenvalue weighted by molar-refractivity contribution is 0.289. The van der Waals surface area contributed by atoms with Crippen LogP contribution in [0.4, 0.5) is 4.39 Å². The van der Waals surface area contributed by atoms with Crippen LogP contribution < -0.4 is 0 Å². The number of rotatable bonds is 8. The van der Waals surface area contributed by atoms with Crippen LogP contribution in [0.15, 0.2) is 48.1 Å². The van der Waals surface area contributed by atoms with Crippen LogP contribution in [0.5, 0.6) is 0 Å². The van der Waals surface area contributed by atoms with Crippen molar-refractivity contribution in [3.63, 3.8) is 0 Å². The van der Waals surface area contributed by atoms with Gasteiger partial charge in [0.05, 0.1) is 0 Å². The molecule has 0 amide bonds. The van der Waals surface area contributed by atoms with E-state index in [0.717, 1.165) is 29.4 Å². The second-order valence-corrected chi connectivity index (χ2v) is 11.1. The third-order valence-electron chi connectivity index (χ3n) is 8.76. The molecule has 33 heavy (non-hydrogen) atoms. The zero-order valence-corrected chi connectivity index (χ0v) is 21.1. The van der Waals surface area contributed by atoms with Crippen LogP contribution in [0.1, 0.15) is 121 Å². The van der Waals surface area contributed by atoms with Gasteiger partial charge >= 0.3 is 0 Å². The summed E-state index contributed by atoms with van der Waals surface area (Å²) in [7, 11) is 0. The van der Waals surface area contributed by atoms with E-state index in [1.807, 2.05) is 6.07 Å². The summed E-state index contributed by atoms with van der Waals surface area (Å²) < 4.78 is 15.2. The van der Waals surface area contributed by atoms with Crippen molar-refractivity contribution in [2.45, 2.75) is 110 Å². The first-order chi connectivity index (χ1) is 16.2. The van der Waals surface area contributed by atoms with Crippen molar-refractivity contribution in [1.82, 2.24) is 0 Å². The number of halogens is 1. The Balaban J connectivity index is 1.38. The molecule has 0 unspecified atom stereocenters. The smallest absolute Gasteiger partial charge is 0.130 e. The molecule has 0 nitrogen and oxygen atoms in total. The Morgan fingerprint density at radius 3 is 2.15 bits per heavy atom. The highest BCUT2D eigenvalue weighted by Gasteiger charge is 2.24. The highest BCUT2D eigenvalue weighted by Crippen LogP contribution is 2.40. The van der Waals surface area contributed by atoms with Gasteiger partial charge in [-0.05, 0) is 104 Å². The molecule has 0 heterocycles. The molecular formula is C32H45F. The SMILES string of the molecule is CCCCC1CCC(c2ccc(C3=CC=C(C4CCC(CCC)CC4)C=CC3)c(F)c2)CC1. The summed E-state index contributed by atoms with van der Waals surface area (Å²) in [5.41, 5.74) is 4.59. The molecule has 0 aliphatic heterocycles. The van der Waals surface area contributed by atoms with Crippen molar-refractivity contribution in [1.29, 1.82) is 0 Å². The van der Waals surface area contributed by atoms with Gasteiger partial charge in [-0.15, -0.1) is 0 Å². The standard InChI is InChI=1S/C32H45F/c1-3-5-8-25-13-17-28(18-14-25)30-21-22-31(32(33)23-30)29-10-6-9-26(19-20-29)27-15-11-24(7-4-2)12-16-27/h6,9,19-25,27-28H,3-5,7-8,10-18H2,1-2H3. The van der Waals surface area contributed by atoms with Crippen LogP contribution in [-0.4, -0.2) is 0 Å². The predicted molar refractivity (Wildman–Crippen MR) is 141 cm³/mol. The fraction of sp³-hybridized carbons (Fsp3) is 0.625. The molecule has 0 saturated heterocycles. The van der Waals surface area contributed by atoms with Gasteiger partial charge in [0.1, 0.15) is 5.82 Å². The maximum atomic E-state index is 15.2. The fourth-order valence-electron chi connectivity index (χ4n) is 6.63. The Morgan fingerprint density at radius 1 is 0.788 bits per heavy atom. The van der Waals surface area contributed by atoms with Crippen molar-refractivity contribution in [3.8, 4) is 0 Å². The summed E-state index contributed by atoms with van der Waals surface area (Å²) in [6, 6.07) is 6.12. The molecule has 0 spiro atoms. The van der Waals surface area contributed by atoms with Gasteiger partial charge in [0.2, 0.25) is 0 Å². The highest BCUT2D eigenvalue weighted by molar-refractivity contribution is 5.70. The molecule has 3 aliphatic carbocycles. The van der Waals surface area contributed by atoms with E-state index < -0.39 is 0 Å². The third-order valence-corrected chi connectivity index (χ3v) is 8.76. The maximum Gasteiger partial charge on any atom is 0.130 e. The van der Waals surface area contributed by atoms with Crippen LogP contribution in [0.3, 0.4) is 0 Å². The normalized spacial score (nSPS) is 28.2. The summed E-state index contributed by atoms with van der Waals surface area (Å²) in [6.45, 7) is 4.59. The number of benzene rings is 1. The van der Waals surface area contributed by atoms with Crippen LogP contribution in [-0.2, 0) is 0 Å². The van der Waals surface area contributed by atoms with E-state index in [1.165, 1.54) is 94.6 Å². The quantitative estimate of drug-likeness (QED) is 0.371. The van der Waals surface area contributed by atoms with Crippen molar-refractivity contribution in [2.75, 3.05) is 0 Å². The van der Waals surface area contributed by atoms with Gasteiger partial charge in [-0.2, -0.15) is 0 Å². The Hall–Kier alpha value is -1.63. The minimum Gasteiger partial charge on any atom is -0.206 e. The van der Waals surface area contributed by atoms with Gasteiger partial charge in [-0.25, -0.2) is 4.39 Å². The van der Waals surface area contributed by atoms with E-state index in [9.17, 15) is 0 Å². The van der Waals surface area contributed by atoms with E-state index in [0.29, 0.717) is 11.8 Å². The van der Waals surface area contributed by atoms with Gasteiger partial charge in [0, 0.05) is 5.56 Å². The van der Waals surface area contributed by atoms with Gasteiger partial charge in [0.25, 0.3) is 0 Å². The second-order valence-electron chi connectivity index (χ2n) is 11.1. The molecule has 0 bridgehead atoms. The lowest BCUT2D eigenvalue weighted by atomic mass is 9.77. The molecule has 1 aromatic rings. The van der Waals surface area contributed by atoms with Crippen LogP contribution in [0.2, 0.25) is 0 Å². The molecule has 1 aromatic carbocycles. The van der Waals surface area contributed by atoms with Crippen molar-refractivity contribution in [3.05, 3.63) is 65.0 Å². The molecule has 4 rings (SSSR count). The molecule has 1 heteroatoms. The average molecular weight is 449 g/mol. The van der Waals surface area contributed by atoms with Crippen molar-refractivity contribution < 1.29 is 4.39 Å². The van der Waals surface area contributed by atoms with Crippen molar-refractivity contribution >= 4 is 5.57 Å². The molecular weight excluding hydrogens is 403 g/mol. The average Bonchev–Trinajstić information content (AvgIpc) is 3.10. The fourth-order valence-corrected chi connectivity index (χ4v) is 6.63. The summed E-state index contributed by atoms with van der Waals surface area (Å²) >= 11 is 0. The third kappa shape index (κ3) is 6.49. The van der Waals surface area contributed by atoms with E-state index in [2.05, 4.69) is 50.3 Å². The maximum absolute atomic E-state index is 15.2. The Labute approximate surface area is 202 Å². The summed E-state index contributed by atoms with van der Waals surface area (Å²) in [5.74, 6) is 3.04. The number of unbranched alkanes of at least 4 members (excludes halogenated alkanes) is 1. The Morgan fingerprint density at radius 2 is 1.48 bits per heavy atom. The van der Waals surface area contributed by atoms with Gasteiger partial charge in [0.15, 0.2) is 0 Å². The molecule has 180 valence electrons. The lowest BCUT2D eigenvalue weighted by Gasteiger charge is -2.29. The van der Waals surface area contributed by atoms with Crippen LogP contribution >= 0.6 is 0 Å². The van der Waals surface area contributed by atoms with Crippen LogP contribution in [0, 0.1) is 23.6 Å². The van der Waals surface area contributed by atoms with E-state index in [-0.39, 0.29) is 5.82 Å². The molecule has 0 aromatic heterocycles. The summed E-state index contributed by atoms with van der Waals surface area (Å²) in [6.07, 6.45) is 27.1. The van der Waals surface area contributed by atoms with Crippen LogP contribution in [0.25, 0.3) is 5.57 Å². The minimum atomic E-state index is -0.0304. The summed E-state index contributed by atoms with van der Waals surface area (Å²) in [5, 5.41) is 0. The first kappa shape index (κ1) is 24.5. The Kier molecular flexibility index (Phi) is 9.04. The predicted octanol–water partition coefficient (Wildman–Crippen LogP) is 10.2. The first-order valence-corrected chi connectivity index (χ1v) is 14.0. The van der Waals surface area contributed by atoms with Gasteiger partial charge < -0.3 is 0 Å².